The van der Waals surface area contributed by atoms with Crippen LogP contribution >= 0.6 is 0 Å². The summed E-state index contributed by atoms with van der Waals surface area (Å²) in [7, 11) is 0. The summed E-state index contributed by atoms with van der Waals surface area (Å²) in [5.41, 5.74) is 2.19. The van der Waals surface area contributed by atoms with Crippen LogP contribution in [0, 0.1) is 11.8 Å². The molecule has 3 rings (SSSR count). The van der Waals surface area contributed by atoms with E-state index in [0.717, 1.165) is 50.5 Å². The van der Waals surface area contributed by atoms with Crippen LogP contribution in [0.4, 0.5) is 0 Å². The molecule has 1 saturated carbocycles. The summed E-state index contributed by atoms with van der Waals surface area (Å²) in [6.07, 6.45) is 4.66. The molecule has 1 amide bonds. The first-order valence-electron chi connectivity index (χ1n) is 8.43. The largest absolute Gasteiger partial charge is 0.392 e. The zero-order chi connectivity index (χ0) is 15.4. The standard InChI is InChI=1S/C18H26N2O2/c21-13-16-7-5-15(6-8-16)11-20-9-1-2-17(12-20)18(22)19-10-14-3-4-14/h5-8,14,17,21H,1-4,9-13H2,(H,19,22). The Hall–Kier alpha value is -1.39. The van der Waals surface area contributed by atoms with Gasteiger partial charge in [-0.15, -0.1) is 0 Å². The zero-order valence-electron chi connectivity index (χ0n) is 13.1. The lowest BCUT2D eigenvalue weighted by atomic mass is 9.96. The number of aliphatic hydroxyl groups is 1. The molecule has 1 aliphatic carbocycles. The van der Waals surface area contributed by atoms with Crippen molar-refractivity contribution in [3.63, 3.8) is 0 Å². The summed E-state index contributed by atoms with van der Waals surface area (Å²) in [4.78, 5) is 14.6. The fourth-order valence-electron chi connectivity index (χ4n) is 3.13. The molecule has 22 heavy (non-hydrogen) atoms. The van der Waals surface area contributed by atoms with Crippen molar-refractivity contribution in [3.05, 3.63) is 35.4 Å². The lowest BCUT2D eigenvalue weighted by molar-refractivity contribution is -0.126. The molecule has 1 heterocycles. The van der Waals surface area contributed by atoms with Crippen molar-refractivity contribution in [3.8, 4) is 0 Å². The van der Waals surface area contributed by atoms with Gasteiger partial charge in [0.1, 0.15) is 0 Å². The first-order chi connectivity index (χ1) is 10.7. The van der Waals surface area contributed by atoms with Gasteiger partial charge in [-0.1, -0.05) is 24.3 Å². The van der Waals surface area contributed by atoms with Crippen molar-refractivity contribution in [1.29, 1.82) is 0 Å². The Kier molecular flexibility index (Phi) is 5.11. The number of hydrogen-bond acceptors (Lipinski definition) is 3. The maximum atomic E-state index is 12.2. The van der Waals surface area contributed by atoms with E-state index < -0.39 is 0 Å². The van der Waals surface area contributed by atoms with E-state index in [1.54, 1.807) is 0 Å². The molecule has 0 radical (unpaired) electrons. The molecule has 2 N–H and O–H groups in total. The Morgan fingerprint density at radius 1 is 1.18 bits per heavy atom. The summed E-state index contributed by atoms with van der Waals surface area (Å²) < 4.78 is 0. The number of hydrogen-bond donors (Lipinski definition) is 2. The number of aliphatic hydroxyl groups excluding tert-OH is 1. The Balaban J connectivity index is 1.49. The molecular formula is C18H26N2O2. The molecule has 2 fully saturated rings. The molecule has 0 spiro atoms. The van der Waals surface area contributed by atoms with Crippen LogP contribution < -0.4 is 5.32 Å². The molecule has 1 atom stereocenters. The number of amides is 1. The SMILES string of the molecule is O=C(NCC1CC1)C1CCCN(Cc2ccc(CO)cc2)C1. The highest BCUT2D eigenvalue weighted by Gasteiger charge is 2.27. The van der Waals surface area contributed by atoms with Gasteiger partial charge in [0, 0.05) is 19.6 Å². The van der Waals surface area contributed by atoms with E-state index in [2.05, 4.69) is 22.3 Å². The first-order valence-corrected chi connectivity index (χ1v) is 8.43. The molecule has 1 unspecified atom stereocenters. The normalized spacial score (nSPS) is 22.5. The molecule has 2 aliphatic rings. The number of carbonyl (C=O) groups excluding carboxylic acids is 1. The molecule has 4 nitrogen and oxygen atoms in total. The Labute approximate surface area is 132 Å². The van der Waals surface area contributed by atoms with Crippen molar-refractivity contribution in [1.82, 2.24) is 10.2 Å². The minimum absolute atomic E-state index is 0.0905. The molecule has 4 heteroatoms. The summed E-state index contributed by atoms with van der Waals surface area (Å²) in [6, 6.07) is 8.09. The molecule has 120 valence electrons. The second kappa shape index (κ2) is 7.25. The van der Waals surface area contributed by atoms with Crippen LogP contribution in [0.5, 0.6) is 0 Å². The van der Waals surface area contributed by atoms with Gasteiger partial charge in [0.25, 0.3) is 0 Å². The third kappa shape index (κ3) is 4.31. The second-order valence-electron chi connectivity index (χ2n) is 6.74. The number of benzene rings is 1. The van der Waals surface area contributed by atoms with E-state index in [4.69, 9.17) is 5.11 Å². The Bertz CT molecular complexity index is 496. The van der Waals surface area contributed by atoms with Gasteiger partial charge in [-0.05, 0) is 49.3 Å². The van der Waals surface area contributed by atoms with Crippen LogP contribution in [0.15, 0.2) is 24.3 Å². The van der Waals surface area contributed by atoms with Crippen molar-refractivity contribution in [2.75, 3.05) is 19.6 Å². The number of rotatable bonds is 6. The molecule has 0 bridgehead atoms. The van der Waals surface area contributed by atoms with E-state index in [1.807, 2.05) is 12.1 Å². The predicted octanol–water partition coefficient (Wildman–Crippen LogP) is 1.92. The lowest BCUT2D eigenvalue weighted by Crippen LogP contribution is -2.43. The lowest BCUT2D eigenvalue weighted by Gasteiger charge is -2.32. The summed E-state index contributed by atoms with van der Waals surface area (Å²) in [5, 5.41) is 12.2. The fraction of sp³-hybridized carbons (Fsp3) is 0.611. The fourth-order valence-corrected chi connectivity index (χ4v) is 3.13. The van der Waals surface area contributed by atoms with E-state index in [-0.39, 0.29) is 18.4 Å². The van der Waals surface area contributed by atoms with Crippen LogP contribution in [-0.2, 0) is 17.9 Å². The van der Waals surface area contributed by atoms with Gasteiger partial charge in [-0.2, -0.15) is 0 Å². The monoisotopic (exact) mass is 302 g/mol. The molecular weight excluding hydrogens is 276 g/mol. The summed E-state index contributed by atoms with van der Waals surface area (Å²) >= 11 is 0. The summed E-state index contributed by atoms with van der Waals surface area (Å²) in [6.45, 7) is 3.77. The summed E-state index contributed by atoms with van der Waals surface area (Å²) in [5.74, 6) is 1.13. The molecule has 0 aromatic heterocycles. The molecule has 1 saturated heterocycles. The van der Waals surface area contributed by atoms with Crippen molar-refractivity contribution >= 4 is 5.91 Å². The highest BCUT2D eigenvalue weighted by Crippen LogP contribution is 2.28. The van der Waals surface area contributed by atoms with Crippen molar-refractivity contribution in [2.24, 2.45) is 11.8 Å². The van der Waals surface area contributed by atoms with Crippen LogP contribution in [0.3, 0.4) is 0 Å². The predicted molar refractivity (Wildman–Crippen MR) is 86.1 cm³/mol. The number of nitrogens with zero attached hydrogens (tertiary/aromatic N) is 1. The van der Waals surface area contributed by atoms with Gasteiger partial charge in [-0.25, -0.2) is 0 Å². The molecule has 1 aromatic carbocycles. The van der Waals surface area contributed by atoms with Crippen LogP contribution in [-0.4, -0.2) is 35.5 Å². The quantitative estimate of drug-likeness (QED) is 0.844. The van der Waals surface area contributed by atoms with Gasteiger partial charge < -0.3 is 10.4 Å². The first kappa shape index (κ1) is 15.5. The number of carbonyl (C=O) groups is 1. The minimum Gasteiger partial charge on any atom is -0.392 e. The highest BCUT2D eigenvalue weighted by molar-refractivity contribution is 5.79. The average Bonchev–Trinajstić information content (AvgIpc) is 3.38. The third-order valence-corrected chi connectivity index (χ3v) is 4.75. The van der Waals surface area contributed by atoms with Gasteiger partial charge >= 0.3 is 0 Å². The van der Waals surface area contributed by atoms with Crippen LogP contribution in [0.2, 0.25) is 0 Å². The topological polar surface area (TPSA) is 52.6 Å². The van der Waals surface area contributed by atoms with E-state index in [1.165, 1.54) is 18.4 Å². The third-order valence-electron chi connectivity index (χ3n) is 4.75. The second-order valence-corrected chi connectivity index (χ2v) is 6.74. The van der Waals surface area contributed by atoms with Crippen molar-refractivity contribution in [2.45, 2.75) is 38.8 Å². The van der Waals surface area contributed by atoms with Gasteiger partial charge in [0.15, 0.2) is 0 Å². The maximum Gasteiger partial charge on any atom is 0.224 e. The molecule has 1 aliphatic heterocycles. The highest BCUT2D eigenvalue weighted by atomic mass is 16.3. The van der Waals surface area contributed by atoms with E-state index in [9.17, 15) is 4.79 Å². The smallest absolute Gasteiger partial charge is 0.224 e. The van der Waals surface area contributed by atoms with E-state index >= 15 is 0 Å². The average molecular weight is 302 g/mol. The molecule has 1 aromatic rings. The maximum absolute atomic E-state index is 12.2. The Morgan fingerprint density at radius 2 is 1.91 bits per heavy atom. The minimum atomic E-state index is 0.0905. The number of piperidine rings is 1. The number of likely N-dealkylation sites (tertiary alicyclic amines) is 1. The van der Waals surface area contributed by atoms with Gasteiger partial charge in [0.05, 0.1) is 12.5 Å². The van der Waals surface area contributed by atoms with Crippen LogP contribution in [0.1, 0.15) is 36.8 Å². The van der Waals surface area contributed by atoms with Crippen LogP contribution in [0.25, 0.3) is 0 Å². The van der Waals surface area contributed by atoms with Gasteiger partial charge in [-0.3, -0.25) is 9.69 Å². The van der Waals surface area contributed by atoms with Gasteiger partial charge in [0.2, 0.25) is 5.91 Å². The Morgan fingerprint density at radius 3 is 2.59 bits per heavy atom. The van der Waals surface area contributed by atoms with Crippen molar-refractivity contribution < 1.29 is 9.90 Å². The van der Waals surface area contributed by atoms with E-state index in [0.29, 0.717) is 0 Å². The number of nitrogens with one attached hydrogen (secondary N) is 1. The zero-order valence-corrected chi connectivity index (χ0v) is 13.1.